The lowest BCUT2D eigenvalue weighted by Crippen LogP contribution is -2.38. The number of carbonyl (C=O) groups excluding carboxylic acids is 1. The summed E-state index contributed by atoms with van der Waals surface area (Å²) in [5.74, 6) is -0.00110. The van der Waals surface area contributed by atoms with Crippen molar-refractivity contribution in [2.24, 2.45) is 0 Å². The van der Waals surface area contributed by atoms with Crippen LogP contribution in [0.25, 0.3) is 10.4 Å². The monoisotopic (exact) mass is 424 g/mol. The van der Waals surface area contributed by atoms with E-state index in [0.29, 0.717) is 16.4 Å². The van der Waals surface area contributed by atoms with Gasteiger partial charge in [0.05, 0.1) is 16.2 Å². The molecule has 1 amide bonds. The highest BCUT2D eigenvalue weighted by Gasteiger charge is 2.24. The molecule has 0 unspecified atom stereocenters. The average Bonchev–Trinajstić information content (AvgIpc) is 3.28. The van der Waals surface area contributed by atoms with Crippen molar-refractivity contribution in [1.82, 2.24) is 15.3 Å². The molecule has 1 aliphatic carbocycles. The SMILES string of the molecule is Cc1nc(C(=O)NCC(C)(C)O)sc1-c1cnc(NC2CCCC2)cc1C(F)F. The number of aryl methyl sites for hydroxylation is 1. The zero-order valence-electron chi connectivity index (χ0n) is 16.8. The van der Waals surface area contributed by atoms with Gasteiger partial charge in [-0.3, -0.25) is 4.79 Å². The number of hydrogen-bond donors (Lipinski definition) is 3. The molecule has 6 nitrogen and oxygen atoms in total. The number of anilines is 1. The van der Waals surface area contributed by atoms with Crippen LogP contribution in [0.2, 0.25) is 0 Å². The van der Waals surface area contributed by atoms with Crippen LogP contribution in [0.15, 0.2) is 12.3 Å². The molecule has 3 rings (SSSR count). The number of amides is 1. The van der Waals surface area contributed by atoms with Crippen LogP contribution in [0.4, 0.5) is 14.6 Å². The van der Waals surface area contributed by atoms with Gasteiger partial charge in [-0.2, -0.15) is 0 Å². The van der Waals surface area contributed by atoms with Gasteiger partial charge in [-0.1, -0.05) is 12.8 Å². The van der Waals surface area contributed by atoms with Gasteiger partial charge in [0, 0.05) is 29.9 Å². The molecule has 0 bridgehead atoms. The lowest BCUT2D eigenvalue weighted by Gasteiger charge is -2.16. The summed E-state index contributed by atoms with van der Waals surface area (Å²) in [6.07, 6.45) is 3.06. The minimum Gasteiger partial charge on any atom is -0.389 e. The molecule has 29 heavy (non-hydrogen) atoms. The quantitative estimate of drug-likeness (QED) is 0.617. The summed E-state index contributed by atoms with van der Waals surface area (Å²) in [6, 6.07) is 1.67. The maximum absolute atomic E-state index is 13.8. The molecule has 1 saturated carbocycles. The van der Waals surface area contributed by atoms with Crippen LogP contribution in [0.3, 0.4) is 0 Å². The number of halogens is 2. The Bertz CT molecular complexity index is 874. The van der Waals surface area contributed by atoms with Gasteiger partial charge < -0.3 is 15.7 Å². The normalized spacial score (nSPS) is 15.1. The lowest BCUT2D eigenvalue weighted by molar-refractivity contribution is 0.0694. The number of thiazole rings is 1. The Hall–Kier alpha value is -2.13. The van der Waals surface area contributed by atoms with Gasteiger partial charge in [0.25, 0.3) is 12.3 Å². The Balaban J connectivity index is 1.85. The van der Waals surface area contributed by atoms with Gasteiger partial charge >= 0.3 is 0 Å². The van der Waals surface area contributed by atoms with Crippen LogP contribution in [0.5, 0.6) is 0 Å². The molecule has 1 aliphatic rings. The second-order valence-electron chi connectivity index (χ2n) is 8.01. The molecule has 0 aromatic carbocycles. The van der Waals surface area contributed by atoms with Crippen LogP contribution < -0.4 is 10.6 Å². The second kappa shape index (κ2) is 8.71. The predicted molar refractivity (Wildman–Crippen MR) is 110 cm³/mol. The highest BCUT2D eigenvalue weighted by Crippen LogP contribution is 2.37. The predicted octanol–water partition coefficient (Wildman–Crippen LogP) is 4.31. The first kappa shape index (κ1) is 21.6. The number of aliphatic hydroxyl groups is 1. The Morgan fingerprint density at radius 1 is 1.38 bits per heavy atom. The number of pyridine rings is 1. The fraction of sp³-hybridized carbons (Fsp3) is 0.550. The van der Waals surface area contributed by atoms with Crippen LogP contribution in [0, 0.1) is 6.92 Å². The van der Waals surface area contributed by atoms with Crippen molar-refractivity contribution in [2.75, 3.05) is 11.9 Å². The van der Waals surface area contributed by atoms with Gasteiger partial charge in [-0.05, 0) is 39.7 Å². The summed E-state index contributed by atoms with van der Waals surface area (Å²) >= 11 is 1.04. The summed E-state index contributed by atoms with van der Waals surface area (Å²) in [6.45, 7) is 4.89. The number of rotatable bonds is 7. The summed E-state index contributed by atoms with van der Waals surface area (Å²) < 4.78 is 27.6. The molecule has 3 N–H and O–H groups in total. The molecule has 1 fully saturated rings. The number of hydrogen-bond acceptors (Lipinski definition) is 6. The third-order valence-electron chi connectivity index (χ3n) is 4.80. The zero-order chi connectivity index (χ0) is 21.2. The van der Waals surface area contributed by atoms with E-state index in [1.807, 2.05) is 0 Å². The molecule has 9 heteroatoms. The first-order valence-electron chi connectivity index (χ1n) is 9.67. The average molecular weight is 425 g/mol. The molecule has 0 spiro atoms. The van der Waals surface area contributed by atoms with Crippen molar-refractivity contribution >= 4 is 23.1 Å². The van der Waals surface area contributed by atoms with Crippen LogP contribution in [-0.2, 0) is 0 Å². The highest BCUT2D eigenvalue weighted by atomic mass is 32.1. The molecule has 158 valence electrons. The Morgan fingerprint density at radius 2 is 2.07 bits per heavy atom. The Labute approximate surface area is 172 Å². The van der Waals surface area contributed by atoms with Gasteiger partial charge in [0.1, 0.15) is 5.82 Å². The van der Waals surface area contributed by atoms with E-state index in [4.69, 9.17) is 0 Å². The zero-order valence-corrected chi connectivity index (χ0v) is 17.6. The Kier molecular flexibility index (Phi) is 6.48. The third kappa shape index (κ3) is 5.48. The van der Waals surface area contributed by atoms with Gasteiger partial charge in [-0.15, -0.1) is 11.3 Å². The van der Waals surface area contributed by atoms with E-state index >= 15 is 0 Å². The van der Waals surface area contributed by atoms with E-state index in [1.165, 1.54) is 12.3 Å². The summed E-state index contributed by atoms with van der Waals surface area (Å²) in [5.41, 5.74) is -0.410. The molecule has 0 saturated heterocycles. The topological polar surface area (TPSA) is 87.1 Å². The van der Waals surface area contributed by atoms with Crippen molar-refractivity contribution in [3.05, 3.63) is 28.5 Å². The number of carbonyl (C=O) groups is 1. The fourth-order valence-electron chi connectivity index (χ4n) is 3.32. The van der Waals surface area contributed by atoms with E-state index < -0.39 is 17.9 Å². The van der Waals surface area contributed by atoms with Gasteiger partial charge in [-0.25, -0.2) is 18.7 Å². The first-order valence-corrected chi connectivity index (χ1v) is 10.5. The summed E-state index contributed by atoms with van der Waals surface area (Å²) in [4.78, 5) is 21.4. The van der Waals surface area contributed by atoms with E-state index in [2.05, 4.69) is 20.6 Å². The number of aromatic nitrogens is 2. The first-order chi connectivity index (χ1) is 13.6. The van der Waals surface area contributed by atoms with Crippen LogP contribution in [0.1, 0.15) is 67.0 Å². The standard InChI is InChI=1S/C20H26F2N4O2S/c1-11-16(29-19(25-11)18(27)24-10-20(2,3)28)14-9-23-15(8-13(14)17(21)22)26-12-6-4-5-7-12/h8-9,12,17,28H,4-7,10H2,1-3H3,(H,23,26)(H,24,27). The maximum atomic E-state index is 13.8. The van der Waals surface area contributed by atoms with Crippen molar-refractivity contribution in [3.8, 4) is 10.4 Å². The summed E-state index contributed by atoms with van der Waals surface area (Å²) in [7, 11) is 0. The van der Waals surface area contributed by atoms with E-state index in [-0.39, 0.29) is 28.7 Å². The molecule has 2 heterocycles. The third-order valence-corrected chi connectivity index (χ3v) is 5.98. The van der Waals surface area contributed by atoms with Crippen molar-refractivity contribution in [3.63, 3.8) is 0 Å². The smallest absolute Gasteiger partial charge is 0.280 e. The van der Waals surface area contributed by atoms with E-state index in [1.54, 1.807) is 20.8 Å². The van der Waals surface area contributed by atoms with Gasteiger partial charge in [0.2, 0.25) is 0 Å². The van der Waals surface area contributed by atoms with E-state index in [0.717, 1.165) is 37.0 Å². The minimum atomic E-state index is -2.67. The fourth-order valence-corrected chi connectivity index (χ4v) is 4.33. The Morgan fingerprint density at radius 3 is 2.69 bits per heavy atom. The largest absolute Gasteiger partial charge is 0.389 e. The molecule has 0 aliphatic heterocycles. The number of alkyl halides is 2. The van der Waals surface area contributed by atoms with E-state index in [9.17, 15) is 18.7 Å². The van der Waals surface area contributed by atoms with Crippen molar-refractivity contribution in [2.45, 2.75) is 64.5 Å². The van der Waals surface area contributed by atoms with Crippen LogP contribution >= 0.6 is 11.3 Å². The molecule has 0 radical (unpaired) electrons. The number of nitrogens with one attached hydrogen (secondary N) is 2. The molecule has 0 atom stereocenters. The molecular formula is C20H26F2N4O2S. The second-order valence-corrected chi connectivity index (χ2v) is 9.01. The maximum Gasteiger partial charge on any atom is 0.280 e. The highest BCUT2D eigenvalue weighted by molar-refractivity contribution is 7.17. The molecule has 2 aromatic rings. The molecule has 2 aromatic heterocycles. The van der Waals surface area contributed by atoms with Crippen LogP contribution in [-0.4, -0.2) is 39.2 Å². The minimum absolute atomic E-state index is 0.0607. The van der Waals surface area contributed by atoms with Crippen molar-refractivity contribution in [1.29, 1.82) is 0 Å². The van der Waals surface area contributed by atoms with Crippen molar-refractivity contribution < 1.29 is 18.7 Å². The number of nitrogens with zero attached hydrogens (tertiary/aromatic N) is 2. The van der Waals surface area contributed by atoms with Gasteiger partial charge in [0.15, 0.2) is 5.01 Å². The lowest BCUT2D eigenvalue weighted by atomic mass is 10.1. The summed E-state index contributed by atoms with van der Waals surface area (Å²) in [5, 5.41) is 15.8. The molecular weight excluding hydrogens is 398 g/mol.